The number of halogens is 3. The van der Waals surface area contributed by atoms with Crippen LogP contribution in [0.4, 0.5) is 24.0 Å². The minimum absolute atomic E-state index is 0.107. The summed E-state index contributed by atoms with van der Waals surface area (Å²) < 4.78 is 46.3. The third kappa shape index (κ3) is 9.81. The van der Waals surface area contributed by atoms with Crippen molar-refractivity contribution in [3.05, 3.63) is 24.3 Å². The molecular weight excluding hydrogens is 429 g/mol. The highest BCUT2D eigenvalue weighted by Crippen LogP contribution is 2.29. The van der Waals surface area contributed by atoms with E-state index < -0.39 is 6.36 Å². The van der Waals surface area contributed by atoms with Crippen molar-refractivity contribution in [3.63, 3.8) is 0 Å². The molecule has 1 amide bonds. The lowest BCUT2D eigenvalue weighted by Crippen LogP contribution is -2.27. The molecule has 2 aromatic rings. The van der Waals surface area contributed by atoms with Gasteiger partial charge in [-0.05, 0) is 44.5 Å². The van der Waals surface area contributed by atoms with E-state index in [9.17, 15) is 18.0 Å². The lowest BCUT2D eigenvalue weighted by molar-refractivity contribution is -0.274. The maximum absolute atomic E-state index is 12.2. The number of amides is 1. The molecule has 0 atom stereocenters. The van der Waals surface area contributed by atoms with Crippen LogP contribution in [-0.4, -0.2) is 47.5 Å². The van der Waals surface area contributed by atoms with E-state index >= 15 is 0 Å². The van der Waals surface area contributed by atoms with E-state index in [1.165, 1.54) is 47.4 Å². The number of alkyl halides is 3. The van der Waals surface area contributed by atoms with Gasteiger partial charge in [-0.15, -0.1) is 23.4 Å². The SMILES string of the molecule is CC(C)OCCCNC(=O)CSc1nnc(Nc2ccc(OC(F)(F)F)cc2)s1. The lowest BCUT2D eigenvalue weighted by Gasteiger charge is -2.09. The number of thioether (sulfide) groups is 1. The molecule has 7 nitrogen and oxygen atoms in total. The maximum Gasteiger partial charge on any atom is 0.573 e. The van der Waals surface area contributed by atoms with Crippen molar-refractivity contribution < 1.29 is 27.4 Å². The van der Waals surface area contributed by atoms with E-state index in [4.69, 9.17) is 4.74 Å². The fourth-order valence-corrected chi connectivity index (χ4v) is 3.58. The van der Waals surface area contributed by atoms with Crippen LogP contribution in [0.25, 0.3) is 0 Å². The Hall–Kier alpha value is -2.05. The Balaban J connectivity index is 1.71. The summed E-state index contributed by atoms with van der Waals surface area (Å²) in [5, 5.41) is 14.1. The van der Waals surface area contributed by atoms with E-state index in [2.05, 4.69) is 25.6 Å². The largest absolute Gasteiger partial charge is 0.573 e. The molecule has 2 N–H and O–H groups in total. The molecule has 0 fully saturated rings. The van der Waals surface area contributed by atoms with Gasteiger partial charge in [-0.1, -0.05) is 23.1 Å². The number of benzene rings is 1. The molecule has 0 bridgehead atoms. The maximum atomic E-state index is 12.2. The minimum Gasteiger partial charge on any atom is -0.406 e. The van der Waals surface area contributed by atoms with Crippen LogP contribution in [0.15, 0.2) is 28.6 Å². The Labute approximate surface area is 174 Å². The van der Waals surface area contributed by atoms with Crippen molar-refractivity contribution >= 4 is 39.8 Å². The summed E-state index contributed by atoms with van der Waals surface area (Å²) in [5.74, 6) is -0.203. The minimum atomic E-state index is -4.73. The molecule has 0 aliphatic heterocycles. The first-order chi connectivity index (χ1) is 13.7. The molecular formula is C17H21F3N4O3S2. The topological polar surface area (TPSA) is 85.4 Å². The smallest absolute Gasteiger partial charge is 0.406 e. The van der Waals surface area contributed by atoms with Crippen LogP contribution in [0.1, 0.15) is 20.3 Å². The summed E-state index contributed by atoms with van der Waals surface area (Å²) in [5.41, 5.74) is 0.536. The first-order valence-corrected chi connectivity index (χ1v) is 10.5. The molecule has 2 rings (SSSR count). The molecule has 0 saturated carbocycles. The predicted molar refractivity (Wildman–Crippen MR) is 106 cm³/mol. The summed E-state index contributed by atoms with van der Waals surface area (Å²) in [6, 6.07) is 5.27. The standard InChI is InChI=1S/C17H21F3N4O3S2/c1-11(2)26-9-3-8-21-14(25)10-28-16-24-23-15(29-16)22-12-4-6-13(7-5-12)27-17(18,19)20/h4-7,11H,3,8-10H2,1-2H3,(H,21,25)(H,22,23). The second kappa shape index (κ2) is 11.2. The third-order valence-corrected chi connectivity index (χ3v) is 5.14. The summed E-state index contributed by atoms with van der Waals surface area (Å²) in [7, 11) is 0. The Bertz CT molecular complexity index is 770. The number of nitrogens with one attached hydrogen (secondary N) is 2. The van der Waals surface area contributed by atoms with Gasteiger partial charge in [0.15, 0.2) is 4.34 Å². The average molecular weight is 451 g/mol. The Kier molecular flexibility index (Phi) is 8.99. The number of aromatic nitrogens is 2. The Morgan fingerprint density at radius 3 is 2.62 bits per heavy atom. The van der Waals surface area contributed by atoms with Crippen molar-refractivity contribution in [1.29, 1.82) is 0 Å². The summed E-state index contributed by atoms with van der Waals surface area (Å²) in [4.78, 5) is 11.8. The van der Waals surface area contributed by atoms with Gasteiger partial charge in [-0.2, -0.15) is 0 Å². The third-order valence-electron chi connectivity index (χ3n) is 3.17. The zero-order valence-electron chi connectivity index (χ0n) is 15.8. The van der Waals surface area contributed by atoms with Crippen LogP contribution in [0.2, 0.25) is 0 Å². The number of rotatable bonds is 11. The highest BCUT2D eigenvalue weighted by atomic mass is 32.2. The molecule has 1 aromatic heterocycles. The number of hydrogen-bond donors (Lipinski definition) is 2. The monoisotopic (exact) mass is 450 g/mol. The highest BCUT2D eigenvalue weighted by molar-refractivity contribution is 8.01. The van der Waals surface area contributed by atoms with Crippen LogP contribution in [0.5, 0.6) is 5.75 Å². The molecule has 0 spiro atoms. The second-order valence-electron chi connectivity index (χ2n) is 5.98. The van der Waals surface area contributed by atoms with Crippen LogP contribution in [0, 0.1) is 0 Å². The number of nitrogens with zero attached hydrogens (tertiary/aromatic N) is 2. The molecule has 29 heavy (non-hydrogen) atoms. The van der Waals surface area contributed by atoms with Crippen molar-refractivity contribution in [2.75, 3.05) is 24.2 Å². The molecule has 160 valence electrons. The number of carbonyl (C=O) groups is 1. The number of hydrogen-bond acceptors (Lipinski definition) is 8. The molecule has 0 aliphatic carbocycles. The number of ether oxygens (including phenoxy) is 2. The van der Waals surface area contributed by atoms with Crippen molar-refractivity contribution in [3.8, 4) is 5.75 Å². The predicted octanol–water partition coefficient (Wildman–Crippen LogP) is 4.20. The van der Waals surface area contributed by atoms with Crippen LogP contribution in [-0.2, 0) is 9.53 Å². The summed E-state index contributed by atoms with van der Waals surface area (Å²) in [6.45, 7) is 5.05. The van der Waals surface area contributed by atoms with Crippen LogP contribution in [0.3, 0.4) is 0 Å². The van der Waals surface area contributed by atoms with Gasteiger partial charge >= 0.3 is 6.36 Å². The van der Waals surface area contributed by atoms with Gasteiger partial charge in [0.25, 0.3) is 0 Å². The van der Waals surface area contributed by atoms with Gasteiger partial charge in [0.2, 0.25) is 11.0 Å². The van der Waals surface area contributed by atoms with Gasteiger partial charge in [-0.3, -0.25) is 4.79 Å². The van der Waals surface area contributed by atoms with Crippen molar-refractivity contribution in [2.24, 2.45) is 0 Å². The van der Waals surface area contributed by atoms with Gasteiger partial charge in [0, 0.05) is 18.8 Å². The van der Waals surface area contributed by atoms with Gasteiger partial charge in [0.1, 0.15) is 5.75 Å². The summed E-state index contributed by atoms with van der Waals surface area (Å²) >= 11 is 2.49. The Morgan fingerprint density at radius 2 is 1.97 bits per heavy atom. The zero-order valence-corrected chi connectivity index (χ0v) is 17.4. The van der Waals surface area contributed by atoms with E-state index in [0.29, 0.717) is 28.3 Å². The van der Waals surface area contributed by atoms with Gasteiger partial charge < -0.3 is 20.1 Å². The molecule has 0 aliphatic rings. The van der Waals surface area contributed by atoms with Crippen molar-refractivity contribution in [1.82, 2.24) is 15.5 Å². The molecule has 0 saturated heterocycles. The van der Waals surface area contributed by atoms with Crippen LogP contribution < -0.4 is 15.4 Å². The fourth-order valence-electron chi connectivity index (χ4n) is 1.98. The second-order valence-corrected chi connectivity index (χ2v) is 8.18. The first kappa shape index (κ1) is 23.2. The fraction of sp³-hybridized carbons (Fsp3) is 0.471. The lowest BCUT2D eigenvalue weighted by atomic mass is 10.3. The highest BCUT2D eigenvalue weighted by Gasteiger charge is 2.30. The Morgan fingerprint density at radius 1 is 1.24 bits per heavy atom. The molecule has 0 unspecified atom stereocenters. The quantitative estimate of drug-likeness (QED) is 0.392. The first-order valence-electron chi connectivity index (χ1n) is 8.69. The molecule has 1 aromatic carbocycles. The normalized spacial score (nSPS) is 11.5. The van der Waals surface area contributed by atoms with Crippen LogP contribution >= 0.6 is 23.1 Å². The van der Waals surface area contributed by atoms with E-state index in [1.807, 2.05) is 13.8 Å². The van der Waals surface area contributed by atoms with Gasteiger partial charge in [0.05, 0.1) is 11.9 Å². The van der Waals surface area contributed by atoms with E-state index in [0.717, 1.165) is 6.42 Å². The number of carbonyl (C=O) groups excluding carboxylic acids is 1. The number of anilines is 2. The van der Waals surface area contributed by atoms with Crippen molar-refractivity contribution in [2.45, 2.75) is 37.1 Å². The average Bonchev–Trinajstić information content (AvgIpc) is 3.07. The summed E-state index contributed by atoms with van der Waals surface area (Å²) in [6.07, 6.45) is -3.81. The van der Waals surface area contributed by atoms with E-state index in [-0.39, 0.29) is 23.5 Å². The molecule has 0 radical (unpaired) electrons. The van der Waals surface area contributed by atoms with E-state index in [1.54, 1.807) is 0 Å². The molecule has 1 heterocycles. The zero-order chi connectivity index (χ0) is 21.3. The molecule has 12 heteroatoms. The van der Waals surface area contributed by atoms with Gasteiger partial charge in [-0.25, -0.2) is 0 Å².